The van der Waals surface area contributed by atoms with Crippen LogP contribution in [0.5, 0.6) is 11.5 Å². The Balaban J connectivity index is 2.19. The van der Waals surface area contributed by atoms with Crippen LogP contribution in [0.3, 0.4) is 0 Å². The van der Waals surface area contributed by atoms with E-state index in [1.165, 1.54) is 0 Å². The van der Waals surface area contributed by atoms with E-state index in [1.54, 1.807) is 30.1 Å². The summed E-state index contributed by atoms with van der Waals surface area (Å²) in [6.07, 6.45) is 0. The highest BCUT2D eigenvalue weighted by atomic mass is 32.1. The largest absolute Gasteiger partial charge is 0.486 e. The van der Waals surface area contributed by atoms with Crippen LogP contribution < -0.4 is 15.2 Å². The maximum absolute atomic E-state index is 12.5. The van der Waals surface area contributed by atoms with Crippen molar-refractivity contribution in [3.05, 3.63) is 23.8 Å². The molecule has 6 heteroatoms. The van der Waals surface area contributed by atoms with Gasteiger partial charge in [0.05, 0.1) is 10.6 Å². The number of carbonyl (C=O) groups excluding carboxylic acids is 1. The minimum absolute atomic E-state index is 0.0318. The van der Waals surface area contributed by atoms with Gasteiger partial charge in [-0.3, -0.25) is 4.79 Å². The lowest BCUT2D eigenvalue weighted by Crippen LogP contribution is -2.35. The number of para-hydroxylation sites is 1. The second kappa shape index (κ2) is 6.09. The summed E-state index contributed by atoms with van der Waals surface area (Å²) >= 11 is 4.93. The summed E-state index contributed by atoms with van der Waals surface area (Å²) in [5, 5.41) is 0. The number of fused-ring (bicyclic) bond motifs is 1. The Kier molecular flexibility index (Phi) is 4.44. The van der Waals surface area contributed by atoms with E-state index in [0.717, 1.165) is 0 Å². The Morgan fingerprint density at radius 2 is 2.15 bits per heavy atom. The molecule has 1 aliphatic rings. The molecular weight excluding hydrogens is 276 g/mol. The number of hydrogen-bond donors (Lipinski definition) is 1. The van der Waals surface area contributed by atoms with Crippen LogP contribution in [-0.2, 0) is 0 Å². The molecule has 2 N–H and O–H groups in total. The summed E-state index contributed by atoms with van der Waals surface area (Å²) in [5.41, 5.74) is 6.08. The van der Waals surface area contributed by atoms with Crippen molar-refractivity contribution in [3.63, 3.8) is 0 Å². The summed E-state index contributed by atoms with van der Waals surface area (Å²) in [4.78, 5) is 14.5. The van der Waals surface area contributed by atoms with Crippen molar-refractivity contribution in [2.75, 3.05) is 26.8 Å². The van der Waals surface area contributed by atoms with Gasteiger partial charge in [0.1, 0.15) is 13.2 Å². The number of rotatable bonds is 4. The van der Waals surface area contributed by atoms with E-state index in [0.29, 0.717) is 41.8 Å². The molecule has 0 saturated carbocycles. The van der Waals surface area contributed by atoms with Gasteiger partial charge < -0.3 is 20.1 Å². The zero-order valence-corrected chi connectivity index (χ0v) is 12.4. The molecule has 0 bridgehead atoms. The third-order valence-electron chi connectivity index (χ3n) is 3.18. The Morgan fingerprint density at radius 3 is 2.85 bits per heavy atom. The quantitative estimate of drug-likeness (QED) is 0.852. The number of benzene rings is 1. The van der Waals surface area contributed by atoms with E-state index in [2.05, 4.69) is 0 Å². The molecule has 5 nitrogen and oxygen atoms in total. The number of thiocarbonyl (C=S) groups is 1. The standard InChI is InChI=1S/C14H18N2O3S/c1-9(13(15)20)8-16(2)14(17)10-4-3-5-11-12(10)19-7-6-18-11/h3-5,9H,6-8H2,1-2H3,(H2,15,20). The Bertz CT molecular complexity index is 533. The van der Waals surface area contributed by atoms with Gasteiger partial charge in [0.2, 0.25) is 0 Å². The lowest BCUT2D eigenvalue weighted by atomic mass is 10.1. The average molecular weight is 294 g/mol. The Hall–Kier alpha value is -1.82. The topological polar surface area (TPSA) is 64.8 Å². The van der Waals surface area contributed by atoms with Crippen molar-refractivity contribution in [3.8, 4) is 11.5 Å². The first-order valence-electron chi connectivity index (χ1n) is 6.44. The van der Waals surface area contributed by atoms with Crippen molar-refractivity contribution in [2.45, 2.75) is 6.92 Å². The van der Waals surface area contributed by atoms with Crippen molar-refractivity contribution < 1.29 is 14.3 Å². The molecule has 1 aromatic carbocycles. The van der Waals surface area contributed by atoms with Gasteiger partial charge in [-0.05, 0) is 12.1 Å². The van der Waals surface area contributed by atoms with E-state index >= 15 is 0 Å². The van der Waals surface area contributed by atoms with Crippen LogP contribution in [0, 0.1) is 5.92 Å². The molecule has 0 aromatic heterocycles. The molecule has 0 aliphatic carbocycles. The molecule has 108 valence electrons. The van der Waals surface area contributed by atoms with Crippen molar-refractivity contribution in [1.29, 1.82) is 0 Å². The molecule has 20 heavy (non-hydrogen) atoms. The monoisotopic (exact) mass is 294 g/mol. The lowest BCUT2D eigenvalue weighted by Gasteiger charge is -2.24. The van der Waals surface area contributed by atoms with Gasteiger partial charge in [0.25, 0.3) is 5.91 Å². The molecule has 1 aliphatic heterocycles. The maximum atomic E-state index is 12.5. The second-order valence-electron chi connectivity index (χ2n) is 4.82. The predicted octanol–water partition coefficient (Wildman–Crippen LogP) is 1.45. The first-order chi connectivity index (χ1) is 9.50. The third kappa shape index (κ3) is 3.01. The highest BCUT2D eigenvalue weighted by molar-refractivity contribution is 7.80. The zero-order chi connectivity index (χ0) is 14.7. The molecule has 0 radical (unpaired) electrons. The summed E-state index contributed by atoms with van der Waals surface area (Å²) in [6, 6.07) is 5.31. The summed E-state index contributed by atoms with van der Waals surface area (Å²) < 4.78 is 11.0. The Morgan fingerprint density at radius 1 is 1.45 bits per heavy atom. The molecule has 0 spiro atoms. The molecule has 2 rings (SSSR count). The predicted molar refractivity (Wildman–Crippen MR) is 80.3 cm³/mol. The van der Waals surface area contributed by atoms with Crippen molar-refractivity contribution >= 4 is 23.1 Å². The first-order valence-corrected chi connectivity index (χ1v) is 6.85. The number of carbonyl (C=O) groups is 1. The third-order valence-corrected chi connectivity index (χ3v) is 3.58. The normalized spacial score (nSPS) is 14.5. The molecule has 0 fully saturated rings. The Labute approximate surface area is 123 Å². The van der Waals surface area contributed by atoms with Crippen molar-refractivity contribution in [1.82, 2.24) is 4.90 Å². The molecular formula is C14H18N2O3S. The maximum Gasteiger partial charge on any atom is 0.257 e. The van der Waals surface area contributed by atoms with E-state index in [4.69, 9.17) is 27.4 Å². The van der Waals surface area contributed by atoms with Crippen LogP contribution in [0.15, 0.2) is 18.2 Å². The number of hydrogen-bond acceptors (Lipinski definition) is 4. The fraction of sp³-hybridized carbons (Fsp3) is 0.429. The van der Waals surface area contributed by atoms with Crippen LogP contribution in [0.4, 0.5) is 0 Å². The van der Waals surface area contributed by atoms with Gasteiger partial charge in [-0.2, -0.15) is 0 Å². The molecule has 0 saturated heterocycles. The minimum atomic E-state index is -0.129. The van der Waals surface area contributed by atoms with Crippen LogP contribution in [0.25, 0.3) is 0 Å². The minimum Gasteiger partial charge on any atom is -0.486 e. The van der Waals surface area contributed by atoms with E-state index < -0.39 is 0 Å². The SMILES string of the molecule is CC(CN(C)C(=O)c1cccc2c1OCCO2)C(N)=S. The van der Waals surface area contributed by atoms with Gasteiger partial charge in [0.15, 0.2) is 11.5 Å². The van der Waals surface area contributed by atoms with Crippen LogP contribution in [0.1, 0.15) is 17.3 Å². The molecule has 1 heterocycles. The van der Waals surface area contributed by atoms with Crippen molar-refractivity contribution in [2.24, 2.45) is 11.7 Å². The number of nitrogens with two attached hydrogens (primary N) is 1. The lowest BCUT2D eigenvalue weighted by molar-refractivity contribution is 0.0776. The van der Waals surface area contributed by atoms with Gasteiger partial charge >= 0.3 is 0 Å². The number of nitrogens with zero attached hydrogens (tertiary/aromatic N) is 1. The van der Waals surface area contributed by atoms with Crippen LogP contribution in [-0.4, -0.2) is 42.6 Å². The van der Waals surface area contributed by atoms with Crippen LogP contribution >= 0.6 is 12.2 Å². The summed E-state index contributed by atoms with van der Waals surface area (Å²) in [7, 11) is 1.72. The highest BCUT2D eigenvalue weighted by Crippen LogP contribution is 2.34. The van der Waals surface area contributed by atoms with Gasteiger partial charge in [-0.25, -0.2) is 0 Å². The van der Waals surface area contributed by atoms with E-state index in [1.807, 2.05) is 6.92 Å². The summed E-state index contributed by atoms with van der Waals surface area (Å²) in [6.45, 7) is 3.31. The smallest absolute Gasteiger partial charge is 0.257 e. The highest BCUT2D eigenvalue weighted by Gasteiger charge is 2.23. The second-order valence-corrected chi connectivity index (χ2v) is 5.29. The average Bonchev–Trinajstić information content (AvgIpc) is 2.45. The molecule has 1 aromatic rings. The molecule has 1 amide bonds. The number of ether oxygens (including phenoxy) is 2. The van der Waals surface area contributed by atoms with Gasteiger partial charge in [0, 0.05) is 19.5 Å². The molecule has 1 atom stereocenters. The fourth-order valence-electron chi connectivity index (χ4n) is 2.03. The van der Waals surface area contributed by atoms with Gasteiger partial charge in [-0.1, -0.05) is 25.2 Å². The molecule has 1 unspecified atom stereocenters. The van der Waals surface area contributed by atoms with E-state index in [-0.39, 0.29) is 11.8 Å². The van der Waals surface area contributed by atoms with Crippen LogP contribution in [0.2, 0.25) is 0 Å². The fourth-order valence-corrected chi connectivity index (χ4v) is 2.11. The van der Waals surface area contributed by atoms with Gasteiger partial charge in [-0.15, -0.1) is 0 Å². The number of amides is 1. The van der Waals surface area contributed by atoms with E-state index in [9.17, 15) is 4.79 Å². The summed E-state index contributed by atoms with van der Waals surface area (Å²) in [5.74, 6) is 0.961. The first kappa shape index (κ1) is 14.6. The zero-order valence-electron chi connectivity index (χ0n) is 11.6.